The van der Waals surface area contributed by atoms with Gasteiger partial charge < -0.3 is 9.80 Å². The first-order chi connectivity index (χ1) is 42.6. The molecule has 0 aliphatic carbocycles. The summed E-state index contributed by atoms with van der Waals surface area (Å²) >= 11 is 0. The quantitative estimate of drug-likeness (QED) is 0.0526. The highest BCUT2D eigenvalue weighted by Gasteiger charge is 2.22. The van der Waals surface area contributed by atoms with E-state index < -0.39 is 0 Å². The van der Waals surface area contributed by atoms with Gasteiger partial charge in [0.15, 0.2) is 0 Å². The lowest BCUT2D eigenvalue weighted by atomic mass is 9.82. The molecule has 12 aromatic rings. The number of hydrogen-bond donors (Lipinski definition) is 0. The first-order valence-electron chi connectivity index (χ1n) is 31.9. The number of nitrogens with zero attached hydrogens (tertiary/aromatic N) is 2. The Bertz CT molecular complexity index is 3810. The monoisotopic (exact) mass is 1120 g/mol. The minimum Gasteiger partial charge on any atom is -0.311 e. The van der Waals surface area contributed by atoms with Gasteiger partial charge in [-0.15, -0.1) is 0 Å². The summed E-state index contributed by atoms with van der Waals surface area (Å²) in [6.07, 6.45) is 17.7. The number of hydrogen-bond acceptors (Lipinski definition) is 2. The molecular formula is C84H80N2. The maximum Gasteiger partial charge on any atom is 0.0462 e. The third kappa shape index (κ3) is 13.3. The molecule has 0 spiro atoms. The normalized spacial score (nSPS) is 11.3. The molecule has 0 aromatic heterocycles. The average molecular weight is 1120 g/mol. The summed E-state index contributed by atoms with van der Waals surface area (Å²) in [4.78, 5) is 4.75. The van der Waals surface area contributed by atoms with Crippen molar-refractivity contribution in [1.82, 2.24) is 0 Å². The van der Waals surface area contributed by atoms with E-state index in [-0.39, 0.29) is 0 Å². The van der Waals surface area contributed by atoms with Crippen molar-refractivity contribution in [1.29, 1.82) is 0 Å². The standard InChI is InChI=1S/C84H80N2/c1-3-5-7-9-11-17-27-63-37-57-81-71(61-63)47-59-79(69-43-53-77(54-44-69)85(73-33-23-15-24-34-73)75-49-39-67(40-50-75)65-29-19-13-20-30-65)83(81)84-80(60-48-72-62-64(38-58-82(72)84)28-18-12-10-8-6-4-2)70-45-55-78(56-46-70)86(74-35-25-16-26-36-74)76-51-41-68(42-52-76)66-31-21-14-22-32-66/h13-16,19-26,29-62H,3-12,17-18,27-28H2,1-2H3. The topological polar surface area (TPSA) is 6.48 Å². The molecule has 0 atom stereocenters. The van der Waals surface area contributed by atoms with Crippen LogP contribution in [0.15, 0.2) is 279 Å². The number of para-hydroxylation sites is 2. The molecule has 0 radical (unpaired) electrons. The zero-order valence-corrected chi connectivity index (χ0v) is 50.4. The Balaban J connectivity index is 0.987. The van der Waals surface area contributed by atoms with Crippen LogP contribution in [0.3, 0.4) is 0 Å². The van der Waals surface area contributed by atoms with Gasteiger partial charge in [0.05, 0.1) is 0 Å². The molecule has 12 aromatic carbocycles. The van der Waals surface area contributed by atoms with Crippen LogP contribution in [0.2, 0.25) is 0 Å². The van der Waals surface area contributed by atoms with E-state index in [9.17, 15) is 0 Å². The van der Waals surface area contributed by atoms with E-state index in [0.717, 1.165) is 47.0 Å². The Morgan fingerprint density at radius 1 is 0.233 bits per heavy atom. The molecule has 2 heteroatoms. The number of rotatable bonds is 25. The molecule has 2 nitrogen and oxygen atoms in total. The van der Waals surface area contributed by atoms with Crippen molar-refractivity contribution in [2.75, 3.05) is 9.80 Å². The maximum atomic E-state index is 2.49. The van der Waals surface area contributed by atoms with E-state index in [1.54, 1.807) is 0 Å². The SMILES string of the molecule is CCCCCCCCc1ccc2c(-c3c(-c4ccc(N(c5ccccc5)c5ccc(-c6ccccc6)cc5)cc4)ccc4cc(CCCCCCCC)ccc34)c(-c3ccc(N(c4ccccc4)c4ccc(-c5ccccc5)cc4)cc3)ccc2c1. The maximum absolute atomic E-state index is 2.49. The second kappa shape index (κ2) is 28.1. The number of benzene rings is 12. The molecule has 0 bridgehead atoms. The number of anilines is 6. The van der Waals surface area contributed by atoms with Gasteiger partial charge in [-0.2, -0.15) is 0 Å². The molecule has 0 saturated heterocycles. The van der Waals surface area contributed by atoms with Crippen molar-refractivity contribution >= 4 is 55.7 Å². The van der Waals surface area contributed by atoms with Crippen LogP contribution in [0.1, 0.15) is 102 Å². The summed E-state index contributed by atoms with van der Waals surface area (Å²) in [6.45, 7) is 4.60. The zero-order valence-electron chi connectivity index (χ0n) is 50.4. The minimum absolute atomic E-state index is 1.10. The van der Waals surface area contributed by atoms with Crippen molar-refractivity contribution < 1.29 is 0 Å². The Hall–Kier alpha value is -9.24. The molecule has 426 valence electrons. The van der Waals surface area contributed by atoms with Crippen LogP contribution in [0.25, 0.3) is 77.2 Å². The van der Waals surface area contributed by atoms with Gasteiger partial charge in [-0.3, -0.25) is 0 Å². The Kier molecular flexibility index (Phi) is 18.7. The van der Waals surface area contributed by atoms with Crippen LogP contribution < -0.4 is 9.80 Å². The third-order valence-corrected chi connectivity index (χ3v) is 17.4. The van der Waals surface area contributed by atoms with Gasteiger partial charge >= 0.3 is 0 Å². The van der Waals surface area contributed by atoms with Crippen molar-refractivity contribution in [3.05, 3.63) is 290 Å². The van der Waals surface area contributed by atoms with E-state index in [1.807, 2.05) is 0 Å². The molecular weight excluding hydrogens is 1040 g/mol. The number of fused-ring (bicyclic) bond motifs is 2. The van der Waals surface area contributed by atoms with Gasteiger partial charge in [0.25, 0.3) is 0 Å². The highest BCUT2D eigenvalue weighted by atomic mass is 15.1. The molecule has 0 amide bonds. The van der Waals surface area contributed by atoms with Crippen LogP contribution in [0.4, 0.5) is 34.1 Å². The molecule has 0 fully saturated rings. The van der Waals surface area contributed by atoms with E-state index in [2.05, 4.69) is 303 Å². The highest BCUT2D eigenvalue weighted by Crippen LogP contribution is 2.48. The fourth-order valence-electron chi connectivity index (χ4n) is 12.8. The number of aryl methyl sites for hydroxylation is 2. The van der Waals surface area contributed by atoms with Crippen LogP contribution in [-0.4, -0.2) is 0 Å². The number of unbranched alkanes of at least 4 members (excludes halogenated alkanes) is 10. The Morgan fingerprint density at radius 3 is 0.872 bits per heavy atom. The molecule has 0 saturated carbocycles. The van der Waals surface area contributed by atoms with E-state index in [1.165, 1.54) is 165 Å². The first kappa shape index (κ1) is 57.2. The van der Waals surface area contributed by atoms with E-state index in [0.29, 0.717) is 0 Å². The van der Waals surface area contributed by atoms with Gasteiger partial charge in [-0.25, -0.2) is 0 Å². The van der Waals surface area contributed by atoms with Gasteiger partial charge in [-0.05, 0) is 187 Å². The summed E-state index contributed by atoms with van der Waals surface area (Å²) in [5.74, 6) is 0. The molecule has 86 heavy (non-hydrogen) atoms. The van der Waals surface area contributed by atoms with Crippen molar-refractivity contribution in [3.63, 3.8) is 0 Å². The van der Waals surface area contributed by atoms with Crippen LogP contribution in [0, 0.1) is 0 Å². The van der Waals surface area contributed by atoms with Crippen molar-refractivity contribution in [2.24, 2.45) is 0 Å². The summed E-state index contributed by atoms with van der Waals surface area (Å²) in [5, 5.41) is 5.12. The summed E-state index contributed by atoms with van der Waals surface area (Å²) in [6, 6.07) is 104. The smallest absolute Gasteiger partial charge is 0.0462 e. The molecule has 0 heterocycles. The predicted molar refractivity (Wildman–Crippen MR) is 372 cm³/mol. The second-order valence-corrected chi connectivity index (χ2v) is 23.4. The fraction of sp³-hybridized carbons (Fsp3) is 0.190. The van der Waals surface area contributed by atoms with Gasteiger partial charge in [0.2, 0.25) is 0 Å². The Labute approximate surface area is 512 Å². The zero-order chi connectivity index (χ0) is 58.3. The molecule has 0 aliphatic heterocycles. The molecule has 12 rings (SSSR count). The lowest BCUT2D eigenvalue weighted by Gasteiger charge is -2.26. The van der Waals surface area contributed by atoms with Crippen molar-refractivity contribution in [3.8, 4) is 55.6 Å². The second-order valence-electron chi connectivity index (χ2n) is 23.4. The lowest BCUT2D eigenvalue weighted by Crippen LogP contribution is -2.09. The van der Waals surface area contributed by atoms with Gasteiger partial charge in [-0.1, -0.05) is 284 Å². The van der Waals surface area contributed by atoms with E-state index >= 15 is 0 Å². The van der Waals surface area contributed by atoms with Crippen LogP contribution in [0.5, 0.6) is 0 Å². The predicted octanol–water partition coefficient (Wildman–Crippen LogP) is 25.1. The highest BCUT2D eigenvalue weighted by molar-refractivity contribution is 6.15. The summed E-state index contributed by atoms with van der Waals surface area (Å²) in [7, 11) is 0. The van der Waals surface area contributed by atoms with Crippen molar-refractivity contribution in [2.45, 2.75) is 104 Å². The van der Waals surface area contributed by atoms with Crippen LogP contribution >= 0.6 is 0 Å². The molecule has 0 unspecified atom stereocenters. The lowest BCUT2D eigenvalue weighted by molar-refractivity contribution is 0.607. The first-order valence-corrected chi connectivity index (χ1v) is 31.9. The molecule has 0 N–H and O–H groups in total. The van der Waals surface area contributed by atoms with Gasteiger partial charge in [0.1, 0.15) is 0 Å². The molecule has 0 aliphatic rings. The summed E-state index contributed by atoms with van der Waals surface area (Å²) < 4.78 is 0. The Morgan fingerprint density at radius 2 is 0.523 bits per heavy atom. The minimum atomic E-state index is 1.10. The van der Waals surface area contributed by atoms with E-state index in [4.69, 9.17) is 0 Å². The third-order valence-electron chi connectivity index (χ3n) is 17.4. The van der Waals surface area contributed by atoms with Crippen LogP contribution in [-0.2, 0) is 12.8 Å². The fourth-order valence-corrected chi connectivity index (χ4v) is 12.8. The largest absolute Gasteiger partial charge is 0.311 e. The van der Waals surface area contributed by atoms with Gasteiger partial charge in [0, 0.05) is 34.1 Å². The summed E-state index contributed by atoms with van der Waals surface area (Å²) in [5.41, 5.74) is 21.7. The average Bonchev–Trinajstić information content (AvgIpc) is 2.26.